The first-order valence-corrected chi connectivity index (χ1v) is 3.56. The van der Waals surface area contributed by atoms with Crippen molar-refractivity contribution in [3.8, 4) is 0 Å². The number of hydrogen-bond acceptors (Lipinski definition) is 2. The molecule has 0 aliphatic rings. The molecule has 0 bridgehead atoms. The average molecular weight is 236 g/mol. The normalized spacial score (nSPS) is 13.4. The van der Waals surface area contributed by atoms with Gasteiger partial charge < -0.3 is 0 Å². The van der Waals surface area contributed by atoms with E-state index in [-0.39, 0.29) is 0 Å². The van der Waals surface area contributed by atoms with Crippen molar-refractivity contribution in [1.29, 1.82) is 0 Å². The lowest BCUT2D eigenvalue weighted by Gasteiger charge is -2.16. The van der Waals surface area contributed by atoms with Crippen LogP contribution < -0.4 is 0 Å². The molecule has 9 heteroatoms. The molecular formula is C5H3ClF5N3. The third-order valence-electron chi connectivity index (χ3n) is 1.41. The first kappa shape index (κ1) is 11.2. The fraction of sp³-hybridized carbons (Fsp3) is 0.600. The summed E-state index contributed by atoms with van der Waals surface area (Å²) in [5, 5.41) is 4.77. The molecule has 0 atom stereocenters. The average Bonchev–Trinajstić information content (AvgIpc) is 2.30. The third-order valence-corrected chi connectivity index (χ3v) is 1.84. The van der Waals surface area contributed by atoms with E-state index in [9.17, 15) is 22.0 Å². The maximum absolute atomic E-state index is 12.6. The van der Waals surface area contributed by atoms with Gasteiger partial charge in [0.2, 0.25) is 0 Å². The fourth-order valence-electron chi connectivity index (χ4n) is 0.672. The van der Waals surface area contributed by atoms with Gasteiger partial charge in [-0.15, -0.1) is 5.10 Å². The number of aryl methyl sites for hydroxylation is 1. The second-order valence-electron chi connectivity index (χ2n) is 2.42. The minimum atomic E-state index is -5.73. The lowest BCUT2D eigenvalue weighted by atomic mass is 10.2. The van der Waals surface area contributed by atoms with Gasteiger partial charge >= 0.3 is 12.1 Å². The van der Waals surface area contributed by atoms with Crippen molar-refractivity contribution in [2.24, 2.45) is 7.05 Å². The number of hydrogen-bond donors (Lipinski definition) is 0. The number of aromatic nitrogens is 3. The first-order chi connectivity index (χ1) is 6.18. The molecule has 0 N–H and O–H groups in total. The molecule has 0 fully saturated rings. The summed E-state index contributed by atoms with van der Waals surface area (Å²) in [6, 6.07) is 0. The molecule has 0 radical (unpaired) electrons. The van der Waals surface area contributed by atoms with Crippen LogP contribution in [0.3, 0.4) is 0 Å². The Kier molecular flexibility index (Phi) is 2.42. The maximum Gasteiger partial charge on any atom is 0.459 e. The summed E-state index contributed by atoms with van der Waals surface area (Å²) in [5.74, 6) is -5.08. The quantitative estimate of drug-likeness (QED) is 0.698. The van der Waals surface area contributed by atoms with E-state index in [4.69, 9.17) is 11.6 Å². The monoisotopic (exact) mass is 235 g/mol. The Morgan fingerprint density at radius 1 is 1.21 bits per heavy atom. The van der Waals surface area contributed by atoms with Crippen LogP contribution in [0.1, 0.15) is 5.69 Å². The van der Waals surface area contributed by atoms with Gasteiger partial charge in [0.25, 0.3) is 0 Å². The van der Waals surface area contributed by atoms with Crippen LogP contribution in [-0.4, -0.2) is 21.2 Å². The van der Waals surface area contributed by atoms with Crippen LogP contribution in [0.4, 0.5) is 22.0 Å². The zero-order chi connectivity index (χ0) is 11.1. The maximum atomic E-state index is 12.6. The van der Waals surface area contributed by atoms with Gasteiger partial charge in [-0.05, 0) is 0 Å². The molecule has 0 aliphatic carbocycles. The Balaban J connectivity index is 3.23. The van der Waals surface area contributed by atoms with Crippen LogP contribution in [0.5, 0.6) is 0 Å². The molecule has 0 amide bonds. The van der Waals surface area contributed by atoms with Crippen LogP contribution in [0.25, 0.3) is 0 Å². The highest BCUT2D eigenvalue weighted by Crippen LogP contribution is 2.44. The zero-order valence-electron chi connectivity index (χ0n) is 6.61. The SMILES string of the molecule is Cn1nnc(C(F)(F)C(F)(F)F)c1Cl. The topological polar surface area (TPSA) is 30.7 Å². The van der Waals surface area contributed by atoms with Crippen molar-refractivity contribution < 1.29 is 22.0 Å². The van der Waals surface area contributed by atoms with Crippen LogP contribution in [0.2, 0.25) is 5.15 Å². The highest BCUT2D eigenvalue weighted by atomic mass is 35.5. The van der Waals surface area contributed by atoms with E-state index in [2.05, 4.69) is 10.3 Å². The van der Waals surface area contributed by atoms with Crippen molar-refractivity contribution in [3.63, 3.8) is 0 Å². The Hall–Kier alpha value is -0.920. The summed E-state index contributed by atoms with van der Waals surface area (Å²) >= 11 is 5.16. The van der Waals surface area contributed by atoms with E-state index in [0.29, 0.717) is 4.68 Å². The standard InChI is InChI=1S/C5H3ClF5N3/c1-14-3(6)2(12-13-14)4(7,8)5(9,10)11/h1H3. The molecule has 0 aliphatic heterocycles. The molecule has 0 spiro atoms. The summed E-state index contributed by atoms with van der Waals surface area (Å²) in [7, 11) is 1.10. The van der Waals surface area contributed by atoms with E-state index in [1.165, 1.54) is 0 Å². The smallest absolute Gasteiger partial charge is 0.236 e. The molecule has 1 aromatic rings. The van der Waals surface area contributed by atoms with Crippen molar-refractivity contribution >= 4 is 11.6 Å². The minimum Gasteiger partial charge on any atom is -0.236 e. The lowest BCUT2D eigenvalue weighted by molar-refractivity contribution is -0.290. The second-order valence-corrected chi connectivity index (χ2v) is 2.78. The molecule has 0 unspecified atom stereocenters. The Bertz CT molecular complexity index is 344. The largest absolute Gasteiger partial charge is 0.459 e. The number of alkyl halides is 5. The predicted molar refractivity (Wildman–Crippen MR) is 36.0 cm³/mol. The first-order valence-electron chi connectivity index (χ1n) is 3.18. The number of nitrogens with zero attached hydrogens (tertiary/aromatic N) is 3. The van der Waals surface area contributed by atoms with Crippen molar-refractivity contribution in [2.45, 2.75) is 12.1 Å². The van der Waals surface area contributed by atoms with E-state index in [1.54, 1.807) is 0 Å². The summed E-state index contributed by atoms with van der Waals surface area (Å²) in [5.41, 5.74) is -1.59. The highest BCUT2D eigenvalue weighted by molar-refractivity contribution is 6.30. The van der Waals surface area contributed by atoms with Crippen LogP contribution in [-0.2, 0) is 13.0 Å². The van der Waals surface area contributed by atoms with Gasteiger partial charge in [0.05, 0.1) is 0 Å². The molecule has 0 aromatic carbocycles. The van der Waals surface area contributed by atoms with Gasteiger partial charge in [-0.2, -0.15) is 22.0 Å². The minimum absolute atomic E-state index is 0.622. The summed E-state index contributed by atoms with van der Waals surface area (Å²) in [6.45, 7) is 0. The van der Waals surface area contributed by atoms with Gasteiger partial charge in [0.1, 0.15) is 0 Å². The lowest BCUT2D eigenvalue weighted by Crippen LogP contribution is -2.34. The van der Waals surface area contributed by atoms with Crippen molar-refractivity contribution in [1.82, 2.24) is 15.0 Å². The molecule has 1 aromatic heterocycles. The molecule has 1 heterocycles. The Labute approximate surface area is 79.5 Å². The fourth-order valence-corrected chi connectivity index (χ4v) is 0.862. The molecule has 3 nitrogen and oxygen atoms in total. The summed E-state index contributed by atoms with van der Waals surface area (Å²) in [4.78, 5) is 0. The van der Waals surface area contributed by atoms with Crippen LogP contribution in [0, 0.1) is 0 Å². The molecule has 1 rings (SSSR count). The molecule has 14 heavy (non-hydrogen) atoms. The summed E-state index contributed by atoms with van der Waals surface area (Å²) < 4.78 is 61.3. The van der Waals surface area contributed by atoms with E-state index >= 15 is 0 Å². The van der Waals surface area contributed by atoms with Gasteiger partial charge in [-0.1, -0.05) is 16.8 Å². The van der Waals surface area contributed by atoms with Crippen LogP contribution in [0.15, 0.2) is 0 Å². The van der Waals surface area contributed by atoms with Crippen molar-refractivity contribution in [3.05, 3.63) is 10.8 Å². The molecule has 0 saturated heterocycles. The molecule has 0 saturated carbocycles. The molecular weight excluding hydrogens is 233 g/mol. The second kappa shape index (κ2) is 3.04. The van der Waals surface area contributed by atoms with Crippen LogP contribution >= 0.6 is 11.6 Å². The van der Waals surface area contributed by atoms with Gasteiger partial charge in [-0.3, -0.25) is 0 Å². The van der Waals surface area contributed by atoms with E-state index < -0.39 is 22.9 Å². The summed E-state index contributed by atoms with van der Waals surface area (Å²) in [6.07, 6.45) is -5.73. The van der Waals surface area contributed by atoms with Gasteiger partial charge in [0.15, 0.2) is 10.8 Å². The Morgan fingerprint density at radius 3 is 2.00 bits per heavy atom. The van der Waals surface area contributed by atoms with E-state index in [1.807, 2.05) is 0 Å². The predicted octanol–water partition coefficient (Wildman–Crippen LogP) is 2.12. The van der Waals surface area contributed by atoms with Gasteiger partial charge in [0, 0.05) is 7.05 Å². The zero-order valence-corrected chi connectivity index (χ0v) is 7.37. The molecule has 80 valence electrons. The van der Waals surface area contributed by atoms with Gasteiger partial charge in [-0.25, -0.2) is 4.68 Å². The third kappa shape index (κ3) is 1.54. The number of halogens is 6. The highest BCUT2D eigenvalue weighted by Gasteiger charge is 2.61. The van der Waals surface area contributed by atoms with E-state index in [0.717, 1.165) is 7.05 Å². The Morgan fingerprint density at radius 2 is 1.71 bits per heavy atom. The van der Waals surface area contributed by atoms with Crippen molar-refractivity contribution in [2.75, 3.05) is 0 Å². The number of rotatable bonds is 1.